The summed E-state index contributed by atoms with van der Waals surface area (Å²) in [5.74, 6) is 1.07. The molecule has 1 unspecified atom stereocenters. The van der Waals surface area contributed by atoms with E-state index in [0.717, 1.165) is 38.6 Å². The van der Waals surface area contributed by atoms with Crippen LogP contribution in [0.4, 0.5) is 0 Å². The Balaban J connectivity index is 1.80. The van der Waals surface area contributed by atoms with E-state index < -0.39 is 0 Å². The Morgan fingerprint density at radius 3 is 2.71 bits per heavy atom. The second kappa shape index (κ2) is 4.14. The number of amidine groups is 1. The van der Waals surface area contributed by atoms with E-state index in [0.29, 0.717) is 6.17 Å². The van der Waals surface area contributed by atoms with Crippen LogP contribution in [0.1, 0.15) is 6.92 Å². The number of nitrogens with one attached hydrogen (secondary N) is 2. The molecule has 2 aliphatic rings. The molecular formula is C9H19N5. The maximum atomic E-state index is 4.21. The lowest BCUT2D eigenvalue weighted by molar-refractivity contribution is 0.180. The smallest absolute Gasteiger partial charge is 0.129 e. The van der Waals surface area contributed by atoms with Crippen LogP contribution in [0.5, 0.6) is 0 Å². The highest BCUT2D eigenvalue weighted by atomic mass is 15.5. The second-order valence-corrected chi connectivity index (χ2v) is 3.97. The Morgan fingerprint density at radius 1 is 1.43 bits per heavy atom. The third kappa shape index (κ3) is 1.99. The van der Waals surface area contributed by atoms with Crippen molar-refractivity contribution in [3.8, 4) is 0 Å². The summed E-state index contributed by atoms with van der Waals surface area (Å²) >= 11 is 0. The highest BCUT2D eigenvalue weighted by Gasteiger charge is 2.23. The van der Waals surface area contributed by atoms with E-state index in [2.05, 4.69) is 32.7 Å². The molecule has 2 N–H and O–H groups in total. The number of hydrogen-bond acceptors (Lipinski definition) is 5. The van der Waals surface area contributed by atoms with Crippen molar-refractivity contribution >= 4 is 5.84 Å². The monoisotopic (exact) mass is 197 g/mol. The molecule has 1 saturated heterocycles. The predicted octanol–water partition coefficient (Wildman–Crippen LogP) is -0.914. The zero-order valence-corrected chi connectivity index (χ0v) is 8.95. The number of rotatable bonds is 2. The summed E-state index contributed by atoms with van der Waals surface area (Å²) in [5.41, 5.74) is 3.16. The largest absolute Gasteiger partial charge is 0.339 e. The minimum absolute atomic E-state index is 0.355. The van der Waals surface area contributed by atoms with Crippen LogP contribution in [0.2, 0.25) is 0 Å². The molecule has 0 amide bonds. The summed E-state index contributed by atoms with van der Waals surface area (Å²) in [7, 11) is 2.09. The van der Waals surface area contributed by atoms with E-state index in [4.69, 9.17) is 0 Å². The van der Waals surface area contributed by atoms with Crippen LogP contribution in [0.3, 0.4) is 0 Å². The fourth-order valence-electron chi connectivity index (χ4n) is 1.86. The van der Waals surface area contributed by atoms with Gasteiger partial charge in [-0.05, 0) is 6.92 Å². The zero-order valence-electron chi connectivity index (χ0n) is 8.95. The molecular weight excluding hydrogens is 178 g/mol. The molecule has 5 nitrogen and oxygen atoms in total. The van der Waals surface area contributed by atoms with Crippen LogP contribution in [0.15, 0.2) is 5.10 Å². The van der Waals surface area contributed by atoms with Gasteiger partial charge in [0.25, 0.3) is 0 Å². The Labute approximate surface area is 85.1 Å². The first-order chi connectivity index (χ1) is 6.77. The third-order valence-corrected chi connectivity index (χ3v) is 2.99. The van der Waals surface area contributed by atoms with Crippen LogP contribution >= 0.6 is 0 Å². The average molecular weight is 197 g/mol. The van der Waals surface area contributed by atoms with E-state index in [1.54, 1.807) is 0 Å². The van der Waals surface area contributed by atoms with Gasteiger partial charge >= 0.3 is 0 Å². The number of likely N-dealkylation sites (N-methyl/N-ethyl adjacent to an activating group) is 1. The first-order valence-electron chi connectivity index (χ1n) is 5.23. The summed E-state index contributed by atoms with van der Waals surface area (Å²) in [5, 5.41) is 7.57. The van der Waals surface area contributed by atoms with Gasteiger partial charge in [0.1, 0.15) is 12.0 Å². The fourth-order valence-corrected chi connectivity index (χ4v) is 1.86. The first kappa shape index (κ1) is 9.73. The highest BCUT2D eigenvalue weighted by Crippen LogP contribution is 2.05. The molecule has 0 aliphatic carbocycles. The van der Waals surface area contributed by atoms with Gasteiger partial charge in [-0.15, -0.1) is 0 Å². The van der Waals surface area contributed by atoms with Crippen molar-refractivity contribution in [2.45, 2.75) is 13.1 Å². The molecule has 0 bridgehead atoms. The molecule has 2 heterocycles. The molecule has 1 fully saturated rings. The van der Waals surface area contributed by atoms with Crippen molar-refractivity contribution < 1.29 is 0 Å². The van der Waals surface area contributed by atoms with Gasteiger partial charge in [0.15, 0.2) is 0 Å². The van der Waals surface area contributed by atoms with Gasteiger partial charge in [-0.3, -0.25) is 10.3 Å². The third-order valence-electron chi connectivity index (χ3n) is 2.99. The van der Waals surface area contributed by atoms with E-state index in [1.165, 1.54) is 0 Å². The van der Waals surface area contributed by atoms with Gasteiger partial charge in [-0.25, -0.2) is 0 Å². The normalized spacial score (nSPS) is 28.9. The van der Waals surface area contributed by atoms with E-state index in [1.807, 2.05) is 6.92 Å². The minimum atomic E-state index is 0.355. The maximum Gasteiger partial charge on any atom is 0.129 e. The molecule has 2 aliphatic heterocycles. The van der Waals surface area contributed by atoms with Crippen LogP contribution in [-0.2, 0) is 0 Å². The van der Waals surface area contributed by atoms with Crippen molar-refractivity contribution in [3.63, 3.8) is 0 Å². The highest BCUT2D eigenvalue weighted by molar-refractivity contribution is 5.80. The van der Waals surface area contributed by atoms with Gasteiger partial charge in [0, 0.05) is 39.8 Å². The summed E-state index contributed by atoms with van der Waals surface area (Å²) < 4.78 is 0. The van der Waals surface area contributed by atoms with E-state index in [9.17, 15) is 0 Å². The average Bonchev–Trinajstić information content (AvgIpc) is 2.52. The first-order valence-corrected chi connectivity index (χ1v) is 5.23. The van der Waals surface area contributed by atoms with Crippen molar-refractivity contribution in [2.75, 3.05) is 39.8 Å². The molecule has 0 aromatic rings. The van der Waals surface area contributed by atoms with Crippen molar-refractivity contribution in [1.82, 2.24) is 20.5 Å². The molecule has 1 atom stereocenters. The lowest BCUT2D eigenvalue weighted by atomic mass is 10.3. The van der Waals surface area contributed by atoms with Crippen LogP contribution in [0, 0.1) is 0 Å². The van der Waals surface area contributed by atoms with E-state index in [-0.39, 0.29) is 0 Å². The standard InChI is InChI=1S/C9H19N5/c1-8-11-12-9(13(8)2)7-14-5-3-10-4-6-14/h9-10,12H,3-7H2,1-2H3. The maximum absolute atomic E-state index is 4.21. The van der Waals surface area contributed by atoms with Gasteiger partial charge in [0.2, 0.25) is 0 Å². The molecule has 5 heteroatoms. The number of piperazine rings is 1. The SMILES string of the molecule is CC1=NNC(CN2CCNCC2)N1C. The summed E-state index contributed by atoms with van der Waals surface area (Å²) in [6.07, 6.45) is 0.355. The fraction of sp³-hybridized carbons (Fsp3) is 0.889. The van der Waals surface area contributed by atoms with Crippen molar-refractivity contribution in [2.24, 2.45) is 5.10 Å². The Kier molecular flexibility index (Phi) is 2.88. The number of hydrogen-bond donors (Lipinski definition) is 2. The molecule has 2 rings (SSSR count). The van der Waals surface area contributed by atoms with Crippen molar-refractivity contribution in [1.29, 1.82) is 0 Å². The van der Waals surface area contributed by atoms with Crippen molar-refractivity contribution in [3.05, 3.63) is 0 Å². The molecule has 14 heavy (non-hydrogen) atoms. The summed E-state index contributed by atoms with van der Waals surface area (Å²) in [6, 6.07) is 0. The Morgan fingerprint density at radius 2 is 2.14 bits per heavy atom. The van der Waals surface area contributed by atoms with Crippen LogP contribution in [0.25, 0.3) is 0 Å². The number of nitrogens with zero attached hydrogens (tertiary/aromatic N) is 3. The molecule has 0 aromatic heterocycles. The molecule has 0 radical (unpaired) electrons. The lowest BCUT2D eigenvalue weighted by Gasteiger charge is -2.32. The second-order valence-electron chi connectivity index (χ2n) is 3.97. The van der Waals surface area contributed by atoms with E-state index >= 15 is 0 Å². The van der Waals surface area contributed by atoms with Gasteiger partial charge in [-0.2, -0.15) is 5.10 Å². The quantitative estimate of drug-likeness (QED) is 0.601. The summed E-state index contributed by atoms with van der Waals surface area (Å²) in [4.78, 5) is 4.67. The summed E-state index contributed by atoms with van der Waals surface area (Å²) in [6.45, 7) is 7.59. The van der Waals surface area contributed by atoms with Crippen LogP contribution < -0.4 is 10.7 Å². The number of hydrazone groups is 1. The minimum Gasteiger partial charge on any atom is -0.339 e. The van der Waals surface area contributed by atoms with Gasteiger partial charge in [0.05, 0.1) is 0 Å². The van der Waals surface area contributed by atoms with Gasteiger partial charge < -0.3 is 10.2 Å². The van der Waals surface area contributed by atoms with Gasteiger partial charge in [-0.1, -0.05) is 0 Å². The molecule has 0 saturated carbocycles. The molecule has 0 spiro atoms. The molecule has 80 valence electrons. The topological polar surface area (TPSA) is 42.9 Å². The van der Waals surface area contributed by atoms with Crippen LogP contribution in [-0.4, -0.2) is 61.6 Å². The lowest BCUT2D eigenvalue weighted by Crippen LogP contribution is -2.51. The Bertz CT molecular complexity index is 221. The zero-order chi connectivity index (χ0) is 9.97. The Hall–Kier alpha value is -0.810. The molecule has 0 aromatic carbocycles. The predicted molar refractivity (Wildman–Crippen MR) is 57.1 cm³/mol.